The minimum absolute atomic E-state index is 0.859. The van der Waals surface area contributed by atoms with Gasteiger partial charge in [0.1, 0.15) is 22.3 Å². The summed E-state index contributed by atoms with van der Waals surface area (Å²) in [6.45, 7) is 0. The monoisotopic (exact) mass is 842 g/mol. The summed E-state index contributed by atoms with van der Waals surface area (Å²) in [4.78, 5) is 2.30. The molecular formula is C62H38N2O2. The maximum Gasteiger partial charge on any atom is 0.138 e. The van der Waals surface area contributed by atoms with Crippen LogP contribution in [0.4, 0.5) is 17.1 Å². The van der Waals surface area contributed by atoms with E-state index < -0.39 is 0 Å². The SMILES string of the molecule is c1ccc(-c2c3c(cc4c2c2ccc(-c5cc6ccccc6c6ccccc56)cc2n4-c2ccc(N(c4ccccc4)c4ccc5c(c4)oc4ccccc45)cc2)oc2ccccc23)cc1. The number of fused-ring (bicyclic) bond motifs is 12. The molecule has 0 saturated heterocycles. The van der Waals surface area contributed by atoms with Crippen LogP contribution in [0.2, 0.25) is 0 Å². The molecule has 0 radical (unpaired) electrons. The Labute approximate surface area is 379 Å². The zero-order valence-corrected chi connectivity index (χ0v) is 35.7. The lowest BCUT2D eigenvalue weighted by Crippen LogP contribution is -2.09. The van der Waals surface area contributed by atoms with Crippen LogP contribution in [0.3, 0.4) is 0 Å². The molecule has 0 aliphatic carbocycles. The van der Waals surface area contributed by atoms with Gasteiger partial charge in [0.25, 0.3) is 0 Å². The van der Waals surface area contributed by atoms with Crippen LogP contribution in [0.5, 0.6) is 0 Å². The number of nitrogens with zero attached hydrogens (tertiary/aromatic N) is 2. The summed E-state index contributed by atoms with van der Waals surface area (Å²) in [5.74, 6) is 0. The van der Waals surface area contributed by atoms with Crippen molar-refractivity contribution < 1.29 is 8.83 Å². The first-order valence-corrected chi connectivity index (χ1v) is 22.5. The van der Waals surface area contributed by atoms with E-state index >= 15 is 0 Å². The molecule has 0 amide bonds. The molecule has 0 atom stereocenters. The smallest absolute Gasteiger partial charge is 0.138 e. The van der Waals surface area contributed by atoms with E-state index in [0.717, 1.165) is 88.8 Å². The number of hydrogen-bond donors (Lipinski definition) is 0. The van der Waals surface area contributed by atoms with Crippen molar-refractivity contribution in [2.45, 2.75) is 0 Å². The topological polar surface area (TPSA) is 34.5 Å². The fourth-order valence-electron chi connectivity index (χ4n) is 10.6. The van der Waals surface area contributed by atoms with Gasteiger partial charge in [-0.1, -0.05) is 146 Å². The summed E-state index contributed by atoms with van der Waals surface area (Å²) in [6.07, 6.45) is 0. The molecule has 3 heterocycles. The van der Waals surface area contributed by atoms with Gasteiger partial charge in [-0.15, -0.1) is 0 Å². The van der Waals surface area contributed by atoms with Crippen LogP contribution in [-0.2, 0) is 0 Å². The Balaban J connectivity index is 1.03. The molecule has 0 bridgehead atoms. The van der Waals surface area contributed by atoms with E-state index in [1.807, 2.05) is 12.1 Å². The maximum atomic E-state index is 6.76. The highest BCUT2D eigenvalue weighted by atomic mass is 16.3. The van der Waals surface area contributed by atoms with Crippen molar-refractivity contribution in [3.63, 3.8) is 0 Å². The van der Waals surface area contributed by atoms with Crippen molar-refractivity contribution >= 4 is 104 Å². The Morgan fingerprint density at radius 1 is 0.318 bits per heavy atom. The zero-order chi connectivity index (χ0) is 43.3. The lowest BCUT2D eigenvalue weighted by Gasteiger charge is -2.25. The fourth-order valence-corrected chi connectivity index (χ4v) is 10.6. The number of furan rings is 2. The lowest BCUT2D eigenvalue weighted by molar-refractivity contribution is 0.668. The molecule has 0 N–H and O–H groups in total. The normalized spacial score (nSPS) is 11.9. The van der Waals surface area contributed by atoms with E-state index in [-0.39, 0.29) is 0 Å². The average Bonchev–Trinajstić information content (AvgIpc) is 4.05. The second-order valence-electron chi connectivity index (χ2n) is 17.2. The molecular weight excluding hydrogens is 805 g/mol. The largest absolute Gasteiger partial charge is 0.456 e. The van der Waals surface area contributed by atoms with Gasteiger partial charge in [-0.2, -0.15) is 0 Å². The highest BCUT2D eigenvalue weighted by Gasteiger charge is 2.24. The van der Waals surface area contributed by atoms with E-state index in [2.05, 4.69) is 228 Å². The molecule has 0 saturated carbocycles. The van der Waals surface area contributed by atoms with Gasteiger partial charge in [0.2, 0.25) is 0 Å². The lowest BCUT2D eigenvalue weighted by atomic mass is 9.92. The molecule has 3 aromatic heterocycles. The predicted octanol–water partition coefficient (Wildman–Crippen LogP) is 17.7. The van der Waals surface area contributed by atoms with Crippen molar-refractivity contribution in [1.82, 2.24) is 4.57 Å². The van der Waals surface area contributed by atoms with Crippen LogP contribution < -0.4 is 4.90 Å². The molecule has 0 aliphatic rings. The van der Waals surface area contributed by atoms with E-state index in [4.69, 9.17) is 8.83 Å². The minimum Gasteiger partial charge on any atom is -0.456 e. The van der Waals surface area contributed by atoms with Gasteiger partial charge >= 0.3 is 0 Å². The highest BCUT2D eigenvalue weighted by molar-refractivity contribution is 6.27. The molecule has 4 heteroatoms. The Kier molecular flexibility index (Phi) is 7.95. The molecule has 14 rings (SSSR count). The summed E-state index contributed by atoms with van der Waals surface area (Å²) in [5, 5.41) is 11.8. The Morgan fingerprint density at radius 3 is 1.71 bits per heavy atom. The third-order valence-electron chi connectivity index (χ3n) is 13.5. The average molecular weight is 843 g/mol. The molecule has 0 spiro atoms. The van der Waals surface area contributed by atoms with E-state index in [9.17, 15) is 0 Å². The number of para-hydroxylation sites is 3. The van der Waals surface area contributed by atoms with Gasteiger partial charge in [0, 0.05) is 72.8 Å². The summed E-state index contributed by atoms with van der Waals surface area (Å²) in [6, 6.07) is 82.7. The summed E-state index contributed by atoms with van der Waals surface area (Å²) >= 11 is 0. The van der Waals surface area contributed by atoms with Gasteiger partial charge in [-0.25, -0.2) is 0 Å². The molecule has 308 valence electrons. The third-order valence-corrected chi connectivity index (χ3v) is 13.5. The van der Waals surface area contributed by atoms with Crippen LogP contribution in [0.1, 0.15) is 0 Å². The maximum absolute atomic E-state index is 6.76. The summed E-state index contributed by atoms with van der Waals surface area (Å²) in [5.41, 5.74) is 14.6. The Bertz CT molecular complexity index is 4220. The van der Waals surface area contributed by atoms with Gasteiger partial charge in [-0.05, 0) is 111 Å². The first-order chi connectivity index (χ1) is 32.7. The Morgan fingerprint density at radius 2 is 0.909 bits per heavy atom. The molecule has 0 aliphatic heterocycles. The van der Waals surface area contributed by atoms with Gasteiger partial charge in [-0.3, -0.25) is 0 Å². The second-order valence-corrected chi connectivity index (χ2v) is 17.2. The first kappa shape index (κ1) is 36.6. The van der Waals surface area contributed by atoms with E-state index in [0.29, 0.717) is 0 Å². The fraction of sp³-hybridized carbons (Fsp3) is 0. The van der Waals surface area contributed by atoms with Gasteiger partial charge in [0.15, 0.2) is 0 Å². The van der Waals surface area contributed by atoms with Gasteiger partial charge in [0.05, 0.1) is 11.0 Å². The molecule has 4 nitrogen and oxygen atoms in total. The molecule has 14 aromatic rings. The summed E-state index contributed by atoms with van der Waals surface area (Å²) in [7, 11) is 0. The quantitative estimate of drug-likeness (QED) is 0.156. The standard InChI is InChI=1S/C62H38N2O2/c1-3-15-39(16-4-1)60-61-51-33-27-41(53-35-40-17-7-8-20-46(40)47-21-9-10-22-48(47)53)36-54(51)64(55(61)38-59-62(60)52-24-12-14-26-57(52)66-59)44-30-28-43(29-31-44)63(42-18-5-2-6-19-42)45-32-34-50-49-23-11-13-25-56(49)65-58(50)37-45/h1-38H. The summed E-state index contributed by atoms with van der Waals surface area (Å²) < 4.78 is 15.6. The predicted molar refractivity (Wildman–Crippen MR) is 276 cm³/mol. The number of rotatable bonds is 6. The zero-order valence-electron chi connectivity index (χ0n) is 35.7. The number of hydrogen-bond acceptors (Lipinski definition) is 3. The van der Waals surface area contributed by atoms with Crippen LogP contribution in [-0.4, -0.2) is 4.57 Å². The number of benzene rings is 11. The van der Waals surface area contributed by atoms with E-state index in [1.165, 1.54) is 43.4 Å². The van der Waals surface area contributed by atoms with Crippen LogP contribution in [0, 0.1) is 0 Å². The minimum atomic E-state index is 0.859. The molecule has 11 aromatic carbocycles. The van der Waals surface area contributed by atoms with Crippen molar-refractivity contribution in [2.24, 2.45) is 0 Å². The van der Waals surface area contributed by atoms with Crippen LogP contribution >= 0.6 is 0 Å². The molecule has 66 heavy (non-hydrogen) atoms. The molecule has 0 fully saturated rings. The van der Waals surface area contributed by atoms with Crippen molar-refractivity contribution in [2.75, 3.05) is 4.90 Å². The number of anilines is 3. The van der Waals surface area contributed by atoms with Crippen LogP contribution in [0.15, 0.2) is 239 Å². The second kappa shape index (κ2) is 14.3. The van der Waals surface area contributed by atoms with E-state index in [1.54, 1.807) is 0 Å². The molecule has 0 unspecified atom stereocenters. The highest BCUT2D eigenvalue weighted by Crippen LogP contribution is 2.48. The van der Waals surface area contributed by atoms with Gasteiger partial charge < -0.3 is 18.3 Å². The first-order valence-electron chi connectivity index (χ1n) is 22.5. The van der Waals surface area contributed by atoms with Crippen molar-refractivity contribution in [1.29, 1.82) is 0 Å². The van der Waals surface area contributed by atoms with Crippen molar-refractivity contribution in [3.05, 3.63) is 231 Å². The van der Waals surface area contributed by atoms with Crippen LogP contribution in [0.25, 0.3) is 115 Å². The Hall–Kier alpha value is -8.86. The number of aromatic nitrogens is 1. The third kappa shape index (κ3) is 5.52. The van der Waals surface area contributed by atoms with Crippen molar-refractivity contribution in [3.8, 4) is 27.9 Å².